The molecule has 0 unspecified atom stereocenters. The number of rotatable bonds is 4. The molecule has 3 aromatic rings. The monoisotopic (exact) mass is 446 g/mol. The highest BCUT2D eigenvalue weighted by molar-refractivity contribution is 9.10. The third kappa shape index (κ3) is 3.81. The highest BCUT2D eigenvalue weighted by atomic mass is 79.9. The molecule has 0 aliphatic carbocycles. The van der Waals surface area contributed by atoms with Gasteiger partial charge >= 0.3 is 5.97 Å². The van der Waals surface area contributed by atoms with Gasteiger partial charge in [-0.3, -0.25) is 4.98 Å². The largest absolute Gasteiger partial charge is 0.486 e. The minimum Gasteiger partial charge on any atom is -0.486 e. The third-order valence-corrected chi connectivity index (χ3v) is 5.83. The number of aryl methyl sites for hydroxylation is 1. The predicted octanol–water partition coefficient (Wildman–Crippen LogP) is 4.40. The summed E-state index contributed by atoms with van der Waals surface area (Å²) in [5.74, 6) is 0.928. The Kier molecular flexibility index (Phi) is 5.09. The zero-order valence-corrected chi connectivity index (χ0v) is 16.8. The molecule has 1 aromatic carbocycles. The number of pyridine rings is 1. The van der Waals surface area contributed by atoms with Crippen LogP contribution in [-0.2, 0) is 11.3 Å². The highest BCUT2D eigenvalue weighted by Gasteiger charge is 2.20. The van der Waals surface area contributed by atoms with Crippen molar-refractivity contribution in [3.05, 3.63) is 57.1 Å². The average molecular weight is 447 g/mol. The molecule has 4 rings (SSSR count). The van der Waals surface area contributed by atoms with Crippen LogP contribution >= 0.6 is 27.3 Å². The maximum Gasteiger partial charge on any atom is 0.350 e. The first-order valence-electron chi connectivity index (χ1n) is 8.26. The molecule has 2 aromatic heterocycles. The van der Waals surface area contributed by atoms with E-state index in [-0.39, 0.29) is 6.61 Å². The van der Waals surface area contributed by atoms with Crippen LogP contribution in [0.4, 0.5) is 0 Å². The number of carbonyl (C=O) groups excluding carboxylic acids is 1. The fraction of sp³-hybridized carbons (Fsp3) is 0.211. The lowest BCUT2D eigenvalue weighted by Crippen LogP contribution is -2.15. The van der Waals surface area contributed by atoms with Crippen molar-refractivity contribution < 1.29 is 19.0 Å². The Labute approximate surface area is 168 Å². The van der Waals surface area contributed by atoms with Gasteiger partial charge in [-0.25, -0.2) is 9.78 Å². The molecular weight excluding hydrogens is 432 g/mol. The molecule has 0 saturated carbocycles. The number of ether oxygens (including phenoxy) is 3. The third-order valence-electron chi connectivity index (χ3n) is 3.94. The average Bonchev–Trinajstić information content (AvgIpc) is 3.08. The standard InChI is InChI=1S/C19H15BrN2O4S/c1-11-17(27-18(22-11)14-4-2-3-5-21-14)19(23)26-10-12-8-15-16(9-13(12)20)25-7-6-24-15/h2-5,8-9H,6-7,10H2,1H3. The number of halogens is 1. The molecule has 0 saturated heterocycles. The Balaban J connectivity index is 1.50. The Morgan fingerprint density at radius 2 is 2.04 bits per heavy atom. The molecule has 3 heterocycles. The van der Waals surface area contributed by atoms with Gasteiger partial charge in [0.05, 0.1) is 11.4 Å². The number of hydrogen-bond acceptors (Lipinski definition) is 7. The summed E-state index contributed by atoms with van der Waals surface area (Å²) < 4.78 is 17.4. The number of benzene rings is 1. The molecule has 0 N–H and O–H groups in total. The van der Waals surface area contributed by atoms with E-state index >= 15 is 0 Å². The van der Waals surface area contributed by atoms with Crippen molar-refractivity contribution in [2.75, 3.05) is 13.2 Å². The van der Waals surface area contributed by atoms with Crippen molar-refractivity contribution in [1.29, 1.82) is 0 Å². The Morgan fingerprint density at radius 1 is 1.26 bits per heavy atom. The van der Waals surface area contributed by atoms with Crippen LogP contribution in [0.2, 0.25) is 0 Å². The summed E-state index contributed by atoms with van der Waals surface area (Å²) in [4.78, 5) is 21.7. The summed E-state index contributed by atoms with van der Waals surface area (Å²) in [6.45, 7) is 2.94. The number of aromatic nitrogens is 2. The summed E-state index contributed by atoms with van der Waals surface area (Å²) in [6.07, 6.45) is 1.70. The molecule has 27 heavy (non-hydrogen) atoms. The van der Waals surface area contributed by atoms with E-state index < -0.39 is 5.97 Å². The Bertz CT molecular complexity index is 991. The van der Waals surface area contributed by atoms with Gasteiger partial charge in [-0.2, -0.15) is 0 Å². The van der Waals surface area contributed by atoms with Gasteiger partial charge in [0.1, 0.15) is 29.7 Å². The zero-order valence-electron chi connectivity index (χ0n) is 14.4. The van der Waals surface area contributed by atoms with Crippen molar-refractivity contribution in [3.8, 4) is 22.2 Å². The van der Waals surface area contributed by atoms with Crippen LogP contribution < -0.4 is 9.47 Å². The van der Waals surface area contributed by atoms with E-state index in [1.54, 1.807) is 13.1 Å². The van der Waals surface area contributed by atoms with Crippen molar-refractivity contribution >= 4 is 33.2 Å². The normalized spacial score (nSPS) is 12.7. The van der Waals surface area contributed by atoms with Gasteiger partial charge in [0.2, 0.25) is 0 Å². The van der Waals surface area contributed by atoms with Crippen molar-refractivity contribution in [1.82, 2.24) is 9.97 Å². The molecule has 138 valence electrons. The van der Waals surface area contributed by atoms with Gasteiger partial charge in [-0.15, -0.1) is 11.3 Å². The molecule has 0 bridgehead atoms. The maximum absolute atomic E-state index is 12.5. The van der Waals surface area contributed by atoms with Gasteiger partial charge in [-0.1, -0.05) is 22.0 Å². The number of hydrogen-bond donors (Lipinski definition) is 0. The minimum absolute atomic E-state index is 0.117. The van der Waals surface area contributed by atoms with E-state index in [4.69, 9.17) is 14.2 Å². The first kappa shape index (κ1) is 17.9. The molecule has 0 spiro atoms. The Hall–Kier alpha value is -2.45. The topological polar surface area (TPSA) is 70.5 Å². The van der Waals surface area contributed by atoms with Crippen LogP contribution in [0.5, 0.6) is 11.5 Å². The number of fused-ring (bicyclic) bond motifs is 1. The lowest BCUT2D eigenvalue weighted by Gasteiger charge is -2.19. The van der Waals surface area contributed by atoms with Crippen LogP contribution in [0.3, 0.4) is 0 Å². The molecule has 0 fully saturated rings. The van der Waals surface area contributed by atoms with Crippen LogP contribution in [0.1, 0.15) is 20.9 Å². The highest BCUT2D eigenvalue weighted by Crippen LogP contribution is 2.36. The smallest absolute Gasteiger partial charge is 0.350 e. The molecule has 8 heteroatoms. The van der Waals surface area contributed by atoms with Crippen LogP contribution in [0, 0.1) is 6.92 Å². The summed E-state index contributed by atoms with van der Waals surface area (Å²) in [7, 11) is 0. The van der Waals surface area contributed by atoms with Crippen LogP contribution in [-0.4, -0.2) is 29.2 Å². The van der Waals surface area contributed by atoms with Gasteiger partial charge in [-0.05, 0) is 31.2 Å². The Morgan fingerprint density at radius 3 is 2.78 bits per heavy atom. The summed E-state index contributed by atoms with van der Waals surface area (Å²) in [6, 6.07) is 9.24. The van der Waals surface area contributed by atoms with Crippen molar-refractivity contribution in [3.63, 3.8) is 0 Å². The lowest BCUT2D eigenvalue weighted by molar-refractivity contribution is 0.0476. The molecule has 0 amide bonds. The number of thiazole rings is 1. The molecule has 1 aliphatic heterocycles. The van der Waals surface area contributed by atoms with Gasteiger partial charge in [0.15, 0.2) is 11.5 Å². The predicted molar refractivity (Wildman–Crippen MR) is 104 cm³/mol. The lowest BCUT2D eigenvalue weighted by atomic mass is 10.2. The number of carbonyl (C=O) groups is 1. The molecule has 0 atom stereocenters. The summed E-state index contributed by atoms with van der Waals surface area (Å²) in [5, 5.41) is 0.695. The van der Waals surface area contributed by atoms with E-state index in [2.05, 4.69) is 25.9 Å². The van der Waals surface area contributed by atoms with Crippen LogP contribution in [0.15, 0.2) is 41.0 Å². The second kappa shape index (κ2) is 7.66. The molecule has 1 aliphatic rings. The van der Waals surface area contributed by atoms with Crippen molar-refractivity contribution in [2.24, 2.45) is 0 Å². The fourth-order valence-electron chi connectivity index (χ4n) is 2.61. The van der Waals surface area contributed by atoms with E-state index in [9.17, 15) is 4.79 Å². The first-order valence-corrected chi connectivity index (χ1v) is 9.87. The molecule has 6 nitrogen and oxygen atoms in total. The SMILES string of the molecule is Cc1nc(-c2ccccn2)sc1C(=O)OCc1cc2c(cc1Br)OCCO2. The number of nitrogens with zero attached hydrogens (tertiary/aromatic N) is 2. The van der Waals surface area contributed by atoms with E-state index in [0.717, 1.165) is 15.7 Å². The molecular formula is C19H15BrN2O4S. The molecule has 0 radical (unpaired) electrons. The second-order valence-electron chi connectivity index (χ2n) is 5.81. The van der Waals surface area contributed by atoms with Crippen LogP contribution in [0.25, 0.3) is 10.7 Å². The quantitative estimate of drug-likeness (QED) is 0.552. The summed E-state index contributed by atoms with van der Waals surface area (Å²) in [5.41, 5.74) is 2.17. The first-order chi connectivity index (χ1) is 13.1. The minimum atomic E-state index is -0.408. The maximum atomic E-state index is 12.5. The van der Waals surface area contributed by atoms with E-state index in [0.29, 0.717) is 40.3 Å². The van der Waals surface area contributed by atoms with Crippen molar-refractivity contribution in [2.45, 2.75) is 13.5 Å². The van der Waals surface area contributed by atoms with E-state index in [1.807, 2.05) is 30.3 Å². The van der Waals surface area contributed by atoms with E-state index in [1.165, 1.54) is 11.3 Å². The fourth-order valence-corrected chi connectivity index (χ4v) is 3.98. The zero-order chi connectivity index (χ0) is 18.8. The number of esters is 1. The van der Waals surface area contributed by atoms with Gasteiger partial charge in [0, 0.05) is 16.2 Å². The summed E-state index contributed by atoms with van der Waals surface area (Å²) >= 11 is 4.76. The van der Waals surface area contributed by atoms with Gasteiger partial charge in [0.25, 0.3) is 0 Å². The van der Waals surface area contributed by atoms with Gasteiger partial charge < -0.3 is 14.2 Å². The second-order valence-corrected chi connectivity index (χ2v) is 7.67.